The van der Waals surface area contributed by atoms with E-state index in [1.54, 1.807) is 7.05 Å². The second kappa shape index (κ2) is 9.49. The van der Waals surface area contributed by atoms with E-state index in [1.807, 2.05) is 27.8 Å². The Morgan fingerprint density at radius 1 is 1.29 bits per heavy atom. The van der Waals surface area contributed by atoms with E-state index in [0.29, 0.717) is 18.9 Å². The van der Waals surface area contributed by atoms with Gasteiger partial charge in [0.05, 0.1) is 6.54 Å². The molecule has 8 heteroatoms. The molecule has 8 nitrogen and oxygen atoms in total. The fourth-order valence-corrected chi connectivity index (χ4v) is 4.26. The largest absolute Gasteiger partial charge is 0.356 e. The van der Waals surface area contributed by atoms with Gasteiger partial charge < -0.3 is 15.5 Å². The van der Waals surface area contributed by atoms with Gasteiger partial charge in [0.15, 0.2) is 11.8 Å². The number of aromatic nitrogens is 3. The molecule has 1 aromatic carbocycles. The van der Waals surface area contributed by atoms with Crippen molar-refractivity contribution in [3.05, 3.63) is 41.5 Å². The van der Waals surface area contributed by atoms with Gasteiger partial charge in [-0.25, -0.2) is 9.67 Å². The number of hydrogen-bond acceptors (Lipinski definition) is 4. The third kappa shape index (κ3) is 4.89. The molecule has 0 radical (unpaired) electrons. The smallest absolute Gasteiger partial charge is 0.227 e. The Balaban J connectivity index is 1.21. The van der Waals surface area contributed by atoms with Crippen molar-refractivity contribution in [1.82, 2.24) is 25.4 Å². The normalized spacial score (nSPS) is 18.1. The van der Waals surface area contributed by atoms with Crippen LogP contribution in [0.2, 0.25) is 0 Å². The lowest BCUT2D eigenvalue weighted by Crippen LogP contribution is -2.47. The van der Waals surface area contributed by atoms with Crippen molar-refractivity contribution >= 4 is 17.6 Å². The third-order valence-corrected chi connectivity index (χ3v) is 6.00. The summed E-state index contributed by atoms with van der Waals surface area (Å²) in [5.41, 5.74) is 2.34. The standard InChI is InChI=1S/C23H33N7O/c1-16(2)22-27-20-11-10-18(15-30(20)28-22)26-23(24-3)25-13-6-9-21(31)29-14-12-17-7-4-5-8-19(17)29/h4-5,7-8,16,18H,6,9-15H2,1-3H3,(H2,24,25,26). The van der Waals surface area contributed by atoms with Crippen LogP contribution >= 0.6 is 0 Å². The maximum atomic E-state index is 12.6. The zero-order chi connectivity index (χ0) is 21.8. The molecule has 2 aromatic rings. The molecule has 0 aliphatic carbocycles. The lowest BCUT2D eigenvalue weighted by molar-refractivity contribution is -0.118. The van der Waals surface area contributed by atoms with Crippen molar-refractivity contribution < 1.29 is 4.79 Å². The number of carbonyl (C=O) groups is 1. The van der Waals surface area contributed by atoms with Gasteiger partial charge in [0, 0.05) is 50.6 Å². The summed E-state index contributed by atoms with van der Waals surface area (Å²) in [4.78, 5) is 23.6. The molecule has 2 aliphatic rings. The summed E-state index contributed by atoms with van der Waals surface area (Å²) in [6.45, 7) is 6.54. The monoisotopic (exact) mass is 423 g/mol. The molecule has 31 heavy (non-hydrogen) atoms. The highest BCUT2D eigenvalue weighted by Crippen LogP contribution is 2.28. The van der Waals surface area contributed by atoms with Crippen LogP contribution in [0, 0.1) is 0 Å². The molecule has 4 rings (SSSR count). The lowest BCUT2D eigenvalue weighted by atomic mass is 10.1. The van der Waals surface area contributed by atoms with Gasteiger partial charge in [-0.2, -0.15) is 5.10 Å². The van der Waals surface area contributed by atoms with Crippen LogP contribution in [-0.4, -0.2) is 52.8 Å². The molecule has 0 saturated carbocycles. The molecule has 2 N–H and O–H groups in total. The molecule has 0 bridgehead atoms. The van der Waals surface area contributed by atoms with E-state index in [4.69, 9.17) is 0 Å². The van der Waals surface area contributed by atoms with Crippen molar-refractivity contribution in [3.63, 3.8) is 0 Å². The van der Waals surface area contributed by atoms with Crippen LogP contribution < -0.4 is 15.5 Å². The highest BCUT2D eigenvalue weighted by molar-refractivity contribution is 5.95. The van der Waals surface area contributed by atoms with Gasteiger partial charge in [0.1, 0.15) is 5.82 Å². The number of hydrogen-bond donors (Lipinski definition) is 2. The van der Waals surface area contributed by atoms with Crippen LogP contribution in [0.3, 0.4) is 0 Å². The molecule has 1 unspecified atom stereocenters. The first-order chi connectivity index (χ1) is 15.0. The Labute approximate surface area is 184 Å². The first kappa shape index (κ1) is 21.3. The van der Waals surface area contributed by atoms with Gasteiger partial charge in [-0.3, -0.25) is 9.79 Å². The molecule has 0 fully saturated rings. The number of guanidine groups is 1. The zero-order valence-electron chi connectivity index (χ0n) is 18.8. The van der Waals surface area contributed by atoms with Crippen LogP contribution in [0.25, 0.3) is 0 Å². The van der Waals surface area contributed by atoms with Crippen LogP contribution in [0.1, 0.15) is 56.2 Å². The molecule has 166 valence electrons. The van der Waals surface area contributed by atoms with E-state index in [-0.39, 0.29) is 11.9 Å². The molecular weight excluding hydrogens is 390 g/mol. The third-order valence-electron chi connectivity index (χ3n) is 6.00. The van der Waals surface area contributed by atoms with E-state index >= 15 is 0 Å². The van der Waals surface area contributed by atoms with E-state index in [9.17, 15) is 4.79 Å². The zero-order valence-corrected chi connectivity index (χ0v) is 18.8. The minimum Gasteiger partial charge on any atom is -0.356 e. The van der Waals surface area contributed by atoms with Gasteiger partial charge in [-0.15, -0.1) is 0 Å². The fourth-order valence-electron chi connectivity index (χ4n) is 4.26. The number of rotatable bonds is 6. The van der Waals surface area contributed by atoms with Gasteiger partial charge in [-0.1, -0.05) is 32.0 Å². The topological polar surface area (TPSA) is 87.4 Å². The minimum atomic E-state index is 0.196. The average Bonchev–Trinajstić information content (AvgIpc) is 3.39. The van der Waals surface area contributed by atoms with Crippen molar-refractivity contribution in [2.24, 2.45) is 4.99 Å². The second-order valence-corrected chi connectivity index (χ2v) is 8.63. The number of nitrogens with zero attached hydrogens (tertiary/aromatic N) is 5. The van der Waals surface area contributed by atoms with Crippen LogP contribution in [0.4, 0.5) is 5.69 Å². The van der Waals surface area contributed by atoms with E-state index < -0.39 is 0 Å². The summed E-state index contributed by atoms with van der Waals surface area (Å²) in [5, 5.41) is 11.5. The van der Waals surface area contributed by atoms with Crippen LogP contribution in [-0.2, 0) is 24.2 Å². The number of fused-ring (bicyclic) bond motifs is 2. The van der Waals surface area contributed by atoms with Crippen LogP contribution in [0.15, 0.2) is 29.3 Å². The lowest BCUT2D eigenvalue weighted by Gasteiger charge is -2.25. The quantitative estimate of drug-likeness (QED) is 0.423. The maximum absolute atomic E-state index is 12.6. The number of anilines is 1. The summed E-state index contributed by atoms with van der Waals surface area (Å²) in [6, 6.07) is 8.45. The molecule has 1 amide bonds. The van der Waals surface area contributed by atoms with Crippen molar-refractivity contribution in [3.8, 4) is 0 Å². The first-order valence-electron chi connectivity index (χ1n) is 11.3. The Bertz CT molecular complexity index is 949. The molecule has 3 heterocycles. The van der Waals surface area contributed by atoms with Crippen molar-refractivity contribution in [2.45, 2.75) is 64.5 Å². The minimum absolute atomic E-state index is 0.196. The number of aryl methyl sites for hydroxylation is 1. The first-order valence-corrected chi connectivity index (χ1v) is 11.3. The average molecular weight is 424 g/mol. The van der Waals surface area contributed by atoms with Gasteiger partial charge >= 0.3 is 0 Å². The number of amides is 1. The summed E-state index contributed by atoms with van der Waals surface area (Å²) in [6.07, 6.45) is 4.17. The van der Waals surface area contributed by atoms with Crippen LogP contribution in [0.5, 0.6) is 0 Å². The predicted molar refractivity (Wildman–Crippen MR) is 122 cm³/mol. The summed E-state index contributed by atoms with van der Waals surface area (Å²) < 4.78 is 2.02. The molecule has 1 aromatic heterocycles. The van der Waals surface area contributed by atoms with E-state index in [2.05, 4.69) is 45.6 Å². The number of aliphatic imine (C=N–C) groups is 1. The number of para-hydroxylation sites is 1. The van der Waals surface area contributed by atoms with Crippen molar-refractivity contribution in [1.29, 1.82) is 0 Å². The molecule has 0 spiro atoms. The van der Waals surface area contributed by atoms with Crippen molar-refractivity contribution in [2.75, 3.05) is 25.0 Å². The van der Waals surface area contributed by atoms with E-state index in [0.717, 1.165) is 62.1 Å². The molecular formula is C23H33N7O. The van der Waals surface area contributed by atoms with Gasteiger partial charge in [0.2, 0.25) is 5.91 Å². The molecule has 1 atom stereocenters. The Morgan fingerprint density at radius 3 is 2.94 bits per heavy atom. The van der Waals surface area contributed by atoms with E-state index in [1.165, 1.54) is 5.56 Å². The van der Waals surface area contributed by atoms with Gasteiger partial charge in [0.25, 0.3) is 0 Å². The second-order valence-electron chi connectivity index (χ2n) is 8.63. The number of carbonyl (C=O) groups excluding carboxylic acids is 1. The SMILES string of the molecule is CN=C(NCCCC(=O)N1CCc2ccccc21)NC1CCc2nc(C(C)C)nn2C1. The number of nitrogens with one attached hydrogen (secondary N) is 2. The Morgan fingerprint density at radius 2 is 2.13 bits per heavy atom. The number of benzene rings is 1. The summed E-state index contributed by atoms with van der Waals surface area (Å²) in [7, 11) is 1.78. The maximum Gasteiger partial charge on any atom is 0.227 e. The van der Waals surface area contributed by atoms with Gasteiger partial charge in [-0.05, 0) is 30.9 Å². The highest BCUT2D eigenvalue weighted by Gasteiger charge is 2.24. The fraction of sp³-hybridized carbons (Fsp3) is 0.565. The summed E-state index contributed by atoms with van der Waals surface area (Å²) >= 11 is 0. The predicted octanol–water partition coefficient (Wildman–Crippen LogP) is 2.25. The Hall–Kier alpha value is -2.90. The molecule has 0 saturated heterocycles. The molecule has 2 aliphatic heterocycles. The summed E-state index contributed by atoms with van der Waals surface area (Å²) in [5.74, 6) is 3.31. The Kier molecular flexibility index (Phi) is 6.53. The highest BCUT2D eigenvalue weighted by atomic mass is 16.2.